The number of fused-ring (bicyclic) bond motifs is 1. The number of nitrogens with zero attached hydrogens (tertiary/aromatic N) is 4. The van der Waals surface area contributed by atoms with E-state index in [-0.39, 0.29) is 22.8 Å². The van der Waals surface area contributed by atoms with Crippen molar-refractivity contribution >= 4 is 27.9 Å². The lowest BCUT2D eigenvalue weighted by atomic mass is 10.1. The number of hydrogen-bond donors (Lipinski definition) is 4. The van der Waals surface area contributed by atoms with Gasteiger partial charge >= 0.3 is 0 Å². The molecule has 0 amide bonds. The highest BCUT2D eigenvalue weighted by Crippen LogP contribution is 2.33. The topological polar surface area (TPSA) is 155 Å². The van der Waals surface area contributed by atoms with Gasteiger partial charge < -0.3 is 20.7 Å². The lowest BCUT2D eigenvalue weighted by Gasteiger charge is -2.17. The van der Waals surface area contributed by atoms with E-state index in [0.717, 1.165) is 6.42 Å². The van der Waals surface area contributed by atoms with E-state index in [1.54, 1.807) is 4.57 Å². The van der Waals surface area contributed by atoms with Gasteiger partial charge in [0.2, 0.25) is 0 Å². The summed E-state index contributed by atoms with van der Waals surface area (Å²) in [5.74, 6) is 6.12. The maximum atomic E-state index is 10.5. The van der Waals surface area contributed by atoms with Crippen LogP contribution in [0.1, 0.15) is 12.6 Å². The highest BCUT2D eigenvalue weighted by molar-refractivity contribution is 7.97. The highest BCUT2D eigenvalue weighted by Gasteiger charge is 2.47. The first kappa shape index (κ1) is 18.6. The molecular formula is C16H23N6O4S+. The van der Waals surface area contributed by atoms with Crippen molar-refractivity contribution in [1.29, 1.82) is 0 Å². The van der Waals surface area contributed by atoms with Gasteiger partial charge in [0.05, 0.1) is 12.6 Å². The van der Waals surface area contributed by atoms with Crippen LogP contribution in [0.4, 0.5) is 5.82 Å². The van der Waals surface area contributed by atoms with E-state index in [1.807, 2.05) is 6.08 Å². The average Bonchev–Trinajstić information content (AvgIpc) is 3.36. The predicted molar refractivity (Wildman–Crippen MR) is 100 cm³/mol. The molecule has 27 heavy (non-hydrogen) atoms. The van der Waals surface area contributed by atoms with Crippen LogP contribution in [-0.4, -0.2) is 71.4 Å². The van der Waals surface area contributed by atoms with Crippen LogP contribution in [0.15, 0.2) is 24.8 Å². The zero-order valence-electron chi connectivity index (χ0n) is 14.8. The minimum atomic E-state index is -1.10. The molecule has 4 rings (SSSR count). The van der Waals surface area contributed by atoms with Crippen LogP contribution in [-0.2, 0) is 20.5 Å². The zero-order valence-corrected chi connectivity index (χ0v) is 15.6. The molecule has 6 N–H and O–H groups in total. The molecule has 2 aliphatic rings. The second kappa shape index (κ2) is 7.34. The Kier molecular flexibility index (Phi) is 5.05. The minimum Gasteiger partial charge on any atom is -0.387 e. The van der Waals surface area contributed by atoms with Crippen molar-refractivity contribution in [2.75, 3.05) is 17.7 Å². The van der Waals surface area contributed by atoms with Gasteiger partial charge in [-0.25, -0.2) is 20.8 Å². The number of anilines is 1. The van der Waals surface area contributed by atoms with Gasteiger partial charge in [0.1, 0.15) is 47.3 Å². The number of aromatic nitrogens is 4. The summed E-state index contributed by atoms with van der Waals surface area (Å²) in [6.45, 7) is 0. The monoisotopic (exact) mass is 395 g/mol. The Hall–Kier alpha value is -1.76. The highest BCUT2D eigenvalue weighted by atomic mass is 32.2. The summed E-state index contributed by atoms with van der Waals surface area (Å²) in [6.07, 6.45) is 6.34. The standard InChI is InChI=1S/C16H23N6O4S/c1-27(9-3-2-8(4-9)26-18)5-10-12(23)13(24)16(25-10)22-7-21-11-14(17)19-6-20-15(11)22/h2-3,6-10,12-13,16,23-24H,4-5,18H2,1H3,(H2,17,19,20)/q+1/t8-,9?,10-,12-,13-,16-,27?/m1/s1. The molecule has 2 unspecified atom stereocenters. The largest absolute Gasteiger partial charge is 0.387 e. The summed E-state index contributed by atoms with van der Waals surface area (Å²) in [4.78, 5) is 17.2. The van der Waals surface area contributed by atoms with Crippen molar-refractivity contribution in [2.24, 2.45) is 5.90 Å². The first-order chi connectivity index (χ1) is 13.0. The molecule has 0 radical (unpaired) electrons. The Labute approximate surface area is 158 Å². The number of nitrogens with two attached hydrogens (primary N) is 2. The Bertz CT molecular complexity index is 847. The van der Waals surface area contributed by atoms with Gasteiger partial charge in [-0.05, 0) is 17.0 Å². The molecule has 2 aromatic rings. The lowest BCUT2D eigenvalue weighted by Crippen LogP contribution is -2.37. The van der Waals surface area contributed by atoms with Gasteiger partial charge in [0, 0.05) is 6.42 Å². The molecule has 0 saturated carbocycles. The third-order valence-electron chi connectivity index (χ3n) is 5.12. The summed E-state index contributed by atoms with van der Waals surface area (Å²) >= 11 is 0. The summed E-state index contributed by atoms with van der Waals surface area (Å²) in [5, 5.41) is 21.4. The maximum absolute atomic E-state index is 10.5. The summed E-state index contributed by atoms with van der Waals surface area (Å²) in [7, 11) is -0.0746. The second-order valence-electron chi connectivity index (χ2n) is 6.82. The van der Waals surface area contributed by atoms with Crippen molar-refractivity contribution in [2.45, 2.75) is 42.3 Å². The molecule has 1 aliphatic heterocycles. The first-order valence-corrected chi connectivity index (χ1v) is 10.5. The van der Waals surface area contributed by atoms with E-state index in [4.69, 9.17) is 21.2 Å². The fourth-order valence-corrected chi connectivity index (χ4v) is 5.49. The van der Waals surface area contributed by atoms with Crippen molar-refractivity contribution in [3.8, 4) is 0 Å². The number of hydrogen-bond acceptors (Lipinski definition) is 9. The van der Waals surface area contributed by atoms with Crippen LogP contribution in [0, 0.1) is 0 Å². The fraction of sp³-hybridized carbons (Fsp3) is 0.562. The van der Waals surface area contributed by atoms with E-state index in [1.165, 1.54) is 12.7 Å². The van der Waals surface area contributed by atoms with Gasteiger partial charge in [0.25, 0.3) is 0 Å². The molecule has 1 saturated heterocycles. The van der Waals surface area contributed by atoms with Gasteiger partial charge in [-0.3, -0.25) is 9.40 Å². The Morgan fingerprint density at radius 2 is 2.11 bits per heavy atom. The third-order valence-corrected chi connectivity index (χ3v) is 7.36. The van der Waals surface area contributed by atoms with Crippen LogP contribution in [0.3, 0.4) is 0 Å². The average molecular weight is 395 g/mol. The smallest absolute Gasteiger partial charge is 0.167 e. The van der Waals surface area contributed by atoms with Crippen molar-refractivity contribution in [3.63, 3.8) is 0 Å². The number of aliphatic hydroxyl groups excluding tert-OH is 2. The van der Waals surface area contributed by atoms with Crippen molar-refractivity contribution < 1.29 is 19.8 Å². The van der Waals surface area contributed by atoms with E-state index in [9.17, 15) is 10.2 Å². The number of aliphatic hydroxyl groups is 2. The van der Waals surface area contributed by atoms with Crippen molar-refractivity contribution in [3.05, 3.63) is 24.8 Å². The molecule has 2 aromatic heterocycles. The molecule has 11 heteroatoms. The first-order valence-electron chi connectivity index (χ1n) is 8.59. The SMILES string of the molecule is C[S+](C[C@H]1O[C@@H](n2cnc3c(N)ncnc32)[C@H](O)[C@@H]1O)C1C=C[C@@H](ON)C1. The number of imidazole rings is 1. The van der Waals surface area contributed by atoms with Crippen LogP contribution in [0.2, 0.25) is 0 Å². The predicted octanol–water partition coefficient (Wildman–Crippen LogP) is -1.14. The van der Waals surface area contributed by atoms with Crippen LogP contribution >= 0.6 is 0 Å². The molecule has 3 heterocycles. The molecule has 146 valence electrons. The Morgan fingerprint density at radius 3 is 2.85 bits per heavy atom. The fourth-order valence-electron chi connectivity index (χ4n) is 3.57. The maximum Gasteiger partial charge on any atom is 0.167 e. The van der Waals surface area contributed by atoms with E-state index in [2.05, 4.69) is 27.3 Å². The summed E-state index contributed by atoms with van der Waals surface area (Å²) < 4.78 is 7.60. The molecule has 1 aliphatic carbocycles. The zero-order chi connectivity index (χ0) is 19.1. The van der Waals surface area contributed by atoms with Gasteiger partial charge in [-0.15, -0.1) is 0 Å². The van der Waals surface area contributed by atoms with E-state index >= 15 is 0 Å². The Morgan fingerprint density at radius 1 is 1.30 bits per heavy atom. The quantitative estimate of drug-likeness (QED) is 0.279. The van der Waals surface area contributed by atoms with Crippen LogP contribution in [0.25, 0.3) is 11.2 Å². The molecule has 1 fully saturated rings. The normalized spacial score (nSPS) is 34.5. The van der Waals surface area contributed by atoms with E-state index < -0.39 is 24.5 Å². The van der Waals surface area contributed by atoms with Crippen LogP contribution < -0.4 is 11.6 Å². The number of ether oxygens (including phenoxy) is 1. The molecule has 0 aromatic carbocycles. The molecule has 10 nitrogen and oxygen atoms in total. The minimum absolute atomic E-state index is 0.0693. The lowest BCUT2D eigenvalue weighted by molar-refractivity contribution is -0.0290. The summed E-state index contributed by atoms with van der Waals surface area (Å²) in [5.41, 5.74) is 6.70. The summed E-state index contributed by atoms with van der Waals surface area (Å²) in [6, 6.07) is 0. The third kappa shape index (κ3) is 3.30. The second-order valence-corrected chi connectivity index (χ2v) is 9.14. The molecule has 7 atom stereocenters. The number of nitrogen functional groups attached to an aromatic ring is 1. The number of rotatable bonds is 5. The van der Waals surface area contributed by atoms with Gasteiger partial charge in [0.15, 0.2) is 17.7 Å². The van der Waals surface area contributed by atoms with E-state index in [0.29, 0.717) is 22.2 Å². The van der Waals surface area contributed by atoms with Crippen LogP contribution in [0.5, 0.6) is 0 Å². The van der Waals surface area contributed by atoms with Gasteiger partial charge in [-0.1, -0.05) is 6.08 Å². The van der Waals surface area contributed by atoms with Gasteiger partial charge in [-0.2, -0.15) is 0 Å². The molecule has 0 spiro atoms. The Balaban J connectivity index is 1.49. The van der Waals surface area contributed by atoms with Crippen molar-refractivity contribution in [1.82, 2.24) is 19.5 Å². The molecular weight excluding hydrogens is 372 g/mol. The molecule has 0 bridgehead atoms.